The molecule has 0 aliphatic carbocycles. The van der Waals surface area contributed by atoms with Gasteiger partial charge < -0.3 is 9.84 Å². The van der Waals surface area contributed by atoms with Crippen LogP contribution in [0.4, 0.5) is 4.39 Å². The van der Waals surface area contributed by atoms with Gasteiger partial charge in [-0.15, -0.1) is 0 Å². The molecule has 0 amide bonds. The fraction of sp³-hybridized carbons (Fsp3) is 0.0588. The van der Waals surface area contributed by atoms with Gasteiger partial charge in [0.15, 0.2) is 12.4 Å². The molecule has 0 fully saturated rings. The number of carbonyl (C=O) groups is 1. The quantitative estimate of drug-likeness (QED) is 0.512. The molecule has 7 nitrogen and oxygen atoms in total. The van der Waals surface area contributed by atoms with Crippen molar-refractivity contribution in [2.75, 3.05) is 6.61 Å². The van der Waals surface area contributed by atoms with Crippen LogP contribution < -0.4 is 4.74 Å². The minimum atomic E-state index is -1.04. The van der Waals surface area contributed by atoms with E-state index in [-0.39, 0.29) is 5.82 Å². The van der Waals surface area contributed by atoms with E-state index >= 15 is 0 Å². The summed E-state index contributed by atoms with van der Waals surface area (Å²) in [5.41, 5.74) is 1.41. The summed E-state index contributed by atoms with van der Waals surface area (Å²) in [5, 5.41) is 19.7. The molecule has 0 saturated heterocycles. The van der Waals surface area contributed by atoms with Gasteiger partial charge in [0, 0.05) is 5.56 Å². The highest BCUT2D eigenvalue weighted by Gasteiger charge is 2.08. The van der Waals surface area contributed by atoms with Gasteiger partial charge in [0.25, 0.3) is 0 Å². The second kappa shape index (κ2) is 7.70. The van der Waals surface area contributed by atoms with Gasteiger partial charge in [0.05, 0.1) is 6.21 Å². The number of H-pyrrole nitrogens is 1. The predicted molar refractivity (Wildman–Crippen MR) is 95.4 cm³/mol. The maximum absolute atomic E-state index is 13.1. The molecule has 2 N–H and O–H groups in total. The highest BCUT2D eigenvalue weighted by atomic mass is 32.1. The lowest BCUT2D eigenvalue weighted by atomic mass is 10.2. The number of carboxylic acids is 1. The standard InChI is InChI=1S/C17H13FN4O3S/c18-13-5-3-12(4-6-13)16-20-21-17(26)22(16)19-9-11-1-7-14(8-2-11)25-10-15(23)24/h1-9H,10H2,(H,21,26)(H,23,24)/b19-9-. The third-order valence-electron chi connectivity index (χ3n) is 3.32. The monoisotopic (exact) mass is 372 g/mol. The van der Waals surface area contributed by atoms with Gasteiger partial charge in [-0.2, -0.15) is 14.9 Å². The average molecular weight is 372 g/mol. The summed E-state index contributed by atoms with van der Waals surface area (Å²) in [5.74, 6) is -0.495. The number of nitrogens with one attached hydrogen (secondary N) is 1. The van der Waals surface area contributed by atoms with Crippen LogP contribution in [0.25, 0.3) is 11.4 Å². The number of benzene rings is 2. The number of rotatable bonds is 6. The lowest BCUT2D eigenvalue weighted by Gasteiger charge is -2.03. The molecule has 1 heterocycles. The first-order valence-electron chi connectivity index (χ1n) is 7.45. The predicted octanol–water partition coefficient (Wildman–Crippen LogP) is 3.09. The molecule has 9 heteroatoms. The highest BCUT2D eigenvalue weighted by Crippen LogP contribution is 2.18. The summed E-state index contributed by atoms with van der Waals surface area (Å²) >= 11 is 5.18. The number of halogens is 1. The Morgan fingerprint density at radius 1 is 1.27 bits per heavy atom. The molecule has 1 aromatic heterocycles. The molecule has 0 saturated carbocycles. The largest absolute Gasteiger partial charge is 0.482 e. The van der Waals surface area contributed by atoms with Crippen molar-refractivity contribution in [2.45, 2.75) is 0 Å². The Kier molecular flexibility index (Phi) is 5.18. The van der Waals surface area contributed by atoms with Crippen LogP contribution in [0.15, 0.2) is 53.6 Å². The number of aliphatic carboxylic acids is 1. The smallest absolute Gasteiger partial charge is 0.341 e. The Labute approximate surface area is 152 Å². The van der Waals surface area contributed by atoms with Crippen molar-refractivity contribution in [1.82, 2.24) is 14.9 Å². The number of carboxylic acid groups (broad SMARTS) is 1. The molecule has 0 unspecified atom stereocenters. The summed E-state index contributed by atoms with van der Waals surface area (Å²) in [6.45, 7) is -0.404. The molecule has 132 valence electrons. The molecule has 0 spiro atoms. The van der Waals surface area contributed by atoms with Gasteiger partial charge in [0.1, 0.15) is 11.6 Å². The van der Waals surface area contributed by atoms with E-state index in [1.807, 2.05) is 0 Å². The molecule has 0 aliphatic heterocycles. The molecule has 3 rings (SSSR count). The first kappa shape index (κ1) is 17.5. The summed E-state index contributed by atoms with van der Waals surface area (Å²) < 4.78 is 19.9. The first-order valence-corrected chi connectivity index (χ1v) is 7.86. The summed E-state index contributed by atoms with van der Waals surface area (Å²) in [7, 11) is 0. The Bertz CT molecular complexity index is 994. The first-order chi connectivity index (χ1) is 12.5. The Morgan fingerprint density at radius 2 is 1.96 bits per heavy atom. The summed E-state index contributed by atoms with van der Waals surface area (Å²) in [6, 6.07) is 12.6. The third kappa shape index (κ3) is 4.19. The van der Waals surface area contributed by atoms with E-state index in [0.717, 1.165) is 5.56 Å². The SMILES string of the molecule is O=C(O)COc1ccc(/C=N\n2c(-c3ccc(F)cc3)n[nH]c2=S)cc1. The Morgan fingerprint density at radius 3 is 2.62 bits per heavy atom. The lowest BCUT2D eigenvalue weighted by Crippen LogP contribution is -2.09. The average Bonchev–Trinajstić information content (AvgIpc) is 3.00. The van der Waals surface area contributed by atoms with Crippen molar-refractivity contribution >= 4 is 24.4 Å². The van der Waals surface area contributed by atoms with Crippen molar-refractivity contribution < 1.29 is 19.0 Å². The van der Waals surface area contributed by atoms with Crippen molar-refractivity contribution in [3.05, 3.63) is 64.7 Å². The number of aromatic amines is 1. The van der Waals surface area contributed by atoms with Crippen LogP contribution in [0.3, 0.4) is 0 Å². The van der Waals surface area contributed by atoms with Crippen LogP contribution in [0, 0.1) is 10.6 Å². The molecule has 0 aliphatic rings. The molecule has 26 heavy (non-hydrogen) atoms. The second-order valence-electron chi connectivity index (χ2n) is 5.17. The Balaban J connectivity index is 1.80. The van der Waals surface area contributed by atoms with Gasteiger partial charge in [-0.3, -0.25) is 0 Å². The summed E-state index contributed by atoms with van der Waals surface area (Å²) in [6.07, 6.45) is 1.57. The van der Waals surface area contributed by atoms with Gasteiger partial charge in [-0.1, -0.05) is 0 Å². The van der Waals surface area contributed by atoms with Crippen LogP contribution in [-0.4, -0.2) is 38.8 Å². The minimum Gasteiger partial charge on any atom is -0.482 e. The van der Waals surface area contributed by atoms with Crippen LogP contribution in [-0.2, 0) is 4.79 Å². The molecule has 0 atom stereocenters. The van der Waals surface area contributed by atoms with E-state index in [1.54, 1.807) is 42.6 Å². The van der Waals surface area contributed by atoms with E-state index < -0.39 is 12.6 Å². The normalized spacial score (nSPS) is 11.0. The van der Waals surface area contributed by atoms with Crippen LogP contribution in [0.2, 0.25) is 0 Å². The zero-order valence-corrected chi connectivity index (χ0v) is 14.1. The van der Waals surface area contributed by atoms with E-state index in [1.165, 1.54) is 16.8 Å². The Hall–Kier alpha value is -3.33. The number of hydrogen-bond acceptors (Lipinski definition) is 5. The zero-order valence-electron chi connectivity index (χ0n) is 13.3. The van der Waals surface area contributed by atoms with Crippen LogP contribution >= 0.6 is 12.2 Å². The van der Waals surface area contributed by atoms with Crippen LogP contribution in [0.5, 0.6) is 5.75 Å². The van der Waals surface area contributed by atoms with Gasteiger partial charge >= 0.3 is 5.97 Å². The second-order valence-corrected chi connectivity index (χ2v) is 5.55. The minimum absolute atomic E-state index is 0.294. The van der Waals surface area contributed by atoms with Crippen molar-refractivity contribution in [3.8, 4) is 17.1 Å². The van der Waals surface area contributed by atoms with E-state index in [9.17, 15) is 9.18 Å². The van der Waals surface area contributed by atoms with Gasteiger partial charge in [0.2, 0.25) is 4.77 Å². The fourth-order valence-corrected chi connectivity index (χ4v) is 2.28. The molecule has 0 radical (unpaired) electrons. The van der Waals surface area contributed by atoms with Crippen LogP contribution in [0.1, 0.15) is 5.56 Å². The number of nitrogens with zero attached hydrogens (tertiary/aromatic N) is 3. The maximum Gasteiger partial charge on any atom is 0.341 e. The zero-order chi connectivity index (χ0) is 18.5. The molecular weight excluding hydrogens is 359 g/mol. The highest BCUT2D eigenvalue weighted by molar-refractivity contribution is 7.71. The number of aromatic nitrogens is 3. The summed E-state index contributed by atoms with van der Waals surface area (Å²) in [4.78, 5) is 10.5. The van der Waals surface area contributed by atoms with Crippen molar-refractivity contribution in [3.63, 3.8) is 0 Å². The molecular formula is C17H13FN4O3S. The molecule has 2 aromatic carbocycles. The molecule has 3 aromatic rings. The lowest BCUT2D eigenvalue weighted by molar-refractivity contribution is -0.139. The van der Waals surface area contributed by atoms with E-state index in [0.29, 0.717) is 21.9 Å². The molecule has 0 bridgehead atoms. The van der Waals surface area contributed by atoms with Crippen molar-refractivity contribution in [1.29, 1.82) is 0 Å². The topological polar surface area (TPSA) is 92.5 Å². The van der Waals surface area contributed by atoms with E-state index in [2.05, 4.69) is 15.3 Å². The van der Waals surface area contributed by atoms with E-state index in [4.69, 9.17) is 22.1 Å². The third-order valence-corrected chi connectivity index (χ3v) is 3.58. The van der Waals surface area contributed by atoms with Crippen molar-refractivity contribution in [2.24, 2.45) is 5.10 Å². The number of hydrogen-bond donors (Lipinski definition) is 2. The maximum atomic E-state index is 13.1. The number of ether oxygens (including phenoxy) is 1. The van der Waals surface area contributed by atoms with Gasteiger partial charge in [-0.25, -0.2) is 14.3 Å². The van der Waals surface area contributed by atoms with Gasteiger partial charge in [-0.05, 0) is 66.3 Å². The fourth-order valence-electron chi connectivity index (χ4n) is 2.10.